The lowest BCUT2D eigenvalue weighted by molar-refractivity contribution is 0.194. The number of ether oxygens (including phenoxy) is 1. The molecule has 1 aromatic heterocycles. The predicted octanol–water partition coefficient (Wildman–Crippen LogP) is 3.16. The Balaban J connectivity index is 2.79. The molecule has 0 bridgehead atoms. The first-order valence-electron chi connectivity index (χ1n) is 7.82. The molecule has 0 saturated carbocycles. The fourth-order valence-corrected chi connectivity index (χ4v) is 2.56. The van der Waals surface area contributed by atoms with Crippen LogP contribution in [-0.4, -0.2) is 35.8 Å². The van der Waals surface area contributed by atoms with E-state index in [1.165, 1.54) is 5.56 Å². The molecule has 21 heavy (non-hydrogen) atoms. The molecule has 0 aliphatic heterocycles. The number of hydrogen-bond acceptors (Lipinski definition) is 4. The SMILES string of the molecule is COCCCc1nc(C)c(C(C)CNC(C)(C)C)c(C)n1. The summed E-state index contributed by atoms with van der Waals surface area (Å²) in [6.45, 7) is 14.7. The Morgan fingerprint density at radius 1 is 1.14 bits per heavy atom. The summed E-state index contributed by atoms with van der Waals surface area (Å²) < 4.78 is 5.09. The van der Waals surface area contributed by atoms with Gasteiger partial charge in [-0.05, 0) is 52.5 Å². The Labute approximate surface area is 129 Å². The Hall–Kier alpha value is -1.00. The molecule has 120 valence electrons. The molecular formula is C17H31N3O. The molecule has 0 amide bonds. The van der Waals surface area contributed by atoms with Crippen LogP contribution in [0.5, 0.6) is 0 Å². The zero-order valence-electron chi connectivity index (χ0n) is 14.7. The number of nitrogens with one attached hydrogen (secondary N) is 1. The van der Waals surface area contributed by atoms with Crippen LogP contribution in [0.4, 0.5) is 0 Å². The van der Waals surface area contributed by atoms with Crippen molar-refractivity contribution in [1.29, 1.82) is 0 Å². The minimum absolute atomic E-state index is 0.136. The summed E-state index contributed by atoms with van der Waals surface area (Å²) in [5, 5.41) is 3.56. The zero-order valence-corrected chi connectivity index (χ0v) is 14.7. The molecule has 0 aliphatic rings. The van der Waals surface area contributed by atoms with Crippen molar-refractivity contribution in [2.24, 2.45) is 0 Å². The van der Waals surface area contributed by atoms with Crippen molar-refractivity contribution in [2.45, 2.75) is 65.8 Å². The first-order valence-corrected chi connectivity index (χ1v) is 7.82. The topological polar surface area (TPSA) is 47.0 Å². The quantitative estimate of drug-likeness (QED) is 0.784. The molecule has 0 aromatic carbocycles. The Bertz CT molecular complexity index is 429. The molecule has 1 heterocycles. The largest absolute Gasteiger partial charge is 0.385 e. The molecular weight excluding hydrogens is 262 g/mol. The second-order valence-electron chi connectivity index (χ2n) is 6.85. The highest BCUT2D eigenvalue weighted by Gasteiger charge is 2.17. The van der Waals surface area contributed by atoms with Gasteiger partial charge in [0.25, 0.3) is 0 Å². The van der Waals surface area contributed by atoms with Crippen molar-refractivity contribution in [3.8, 4) is 0 Å². The standard InChI is InChI=1S/C17H31N3O/c1-12(11-18-17(4,5)6)16-13(2)19-15(20-14(16)3)9-8-10-21-7/h12,18H,8-11H2,1-7H3. The average molecular weight is 293 g/mol. The van der Waals surface area contributed by atoms with Gasteiger partial charge < -0.3 is 10.1 Å². The molecule has 0 radical (unpaired) electrons. The maximum Gasteiger partial charge on any atom is 0.128 e. The third kappa shape index (κ3) is 6.10. The van der Waals surface area contributed by atoms with Gasteiger partial charge in [-0.3, -0.25) is 0 Å². The summed E-state index contributed by atoms with van der Waals surface area (Å²) in [6.07, 6.45) is 1.85. The molecule has 0 fully saturated rings. The summed E-state index contributed by atoms with van der Waals surface area (Å²) in [4.78, 5) is 9.35. The van der Waals surface area contributed by atoms with Gasteiger partial charge in [-0.15, -0.1) is 0 Å². The van der Waals surface area contributed by atoms with Crippen LogP contribution in [0.25, 0.3) is 0 Å². The van der Waals surface area contributed by atoms with Crippen LogP contribution in [0, 0.1) is 13.8 Å². The van der Waals surface area contributed by atoms with Crippen LogP contribution < -0.4 is 5.32 Å². The number of aryl methyl sites for hydroxylation is 3. The van der Waals surface area contributed by atoms with E-state index in [0.717, 1.165) is 43.2 Å². The smallest absolute Gasteiger partial charge is 0.128 e. The van der Waals surface area contributed by atoms with E-state index >= 15 is 0 Å². The Morgan fingerprint density at radius 2 is 1.71 bits per heavy atom. The Morgan fingerprint density at radius 3 is 2.19 bits per heavy atom. The van der Waals surface area contributed by atoms with Crippen LogP contribution in [0.2, 0.25) is 0 Å². The van der Waals surface area contributed by atoms with E-state index in [0.29, 0.717) is 5.92 Å². The predicted molar refractivity (Wildman–Crippen MR) is 87.9 cm³/mol. The maximum absolute atomic E-state index is 5.09. The summed E-state index contributed by atoms with van der Waals surface area (Å²) in [5.41, 5.74) is 3.63. The van der Waals surface area contributed by atoms with Crippen molar-refractivity contribution in [3.05, 3.63) is 22.8 Å². The second kappa shape index (κ2) is 7.85. The molecule has 1 rings (SSSR count). The molecule has 0 aliphatic carbocycles. The monoisotopic (exact) mass is 293 g/mol. The van der Waals surface area contributed by atoms with E-state index in [9.17, 15) is 0 Å². The van der Waals surface area contributed by atoms with Crippen molar-refractivity contribution in [2.75, 3.05) is 20.3 Å². The van der Waals surface area contributed by atoms with Crippen LogP contribution in [-0.2, 0) is 11.2 Å². The van der Waals surface area contributed by atoms with E-state index < -0.39 is 0 Å². The van der Waals surface area contributed by atoms with E-state index in [-0.39, 0.29) is 5.54 Å². The Kier molecular flexibility index (Phi) is 6.75. The molecule has 0 saturated heterocycles. The van der Waals surface area contributed by atoms with Crippen molar-refractivity contribution < 1.29 is 4.74 Å². The summed E-state index contributed by atoms with van der Waals surface area (Å²) >= 11 is 0. The van der Waals surface area contributed by atoms with E-state index in [4.69, 9.17) is 4.74 Å². The number of aromatic nitrogens is 2. The van der Waals surface area contributed by atoms with Crippen LogP contribution in [0.3, 0.4) is 0 Å². The van der Waals surface area contributed by atoms with Crippen LogP contribution in [0.1, 0.15) is 62.8 Å². The van der Waals surface area contributed by atoms with E-state index in [2.05, 4.69) is 56.8 Å². The third-order valence-electron chi connectivity index (χ3n) is 3.55. The van der Waals surface area contributed by atoms with Gasteiger partial charge >= 0.3 is 0 Å². The highest BCUT2D eigenvalue weighted by molar-refractivity contribution is 5.28. The fraction of sp³-hybridized carbons (Fsp3) is 0.765. The third-order valence-corrected chi connectivity index (χ3v) is 3.55. The molecule has 0 spiro atoms. The minimum Gasteiger partial charge on any atom is -0.385 e. The molecule has 1 N–H and O–H groups in total. The zero-order chi connectivity index (χ0) is 16.0. The van der Waals surface area contributed by atoms with Gasteiger partial charge in [-0.1, -0.05) is 6.92 Å². The van der Waals surface area contributed by atoms with Gasteiger partial charge in [-0.25, -0.2) is 9.97 Å². The molecule has 4 nitrogen and oxygen atoms in total. The summed E-state index contributed by atoms with van der Waals surface area (Å²) in [5.74, 6) is 1.35. The average Bonchev–Trinajstić information content (AvgIpc) is 2.35. The molecule has 1 unspecified atom stereocenters. The first kappa shape index (κ1) is 18.1. The van der Waals surface area contributed by atoms with Gasteiger partial charge in [0.05, 0.1) is 0 Å². The van der Waals surface area contributed by atoms with Crippen molar-refractivity contribution >= 4 is 0 Å². The van der Waals surface area contributed by atoms with Gasteiger partial charge in [0.2, 0.25) is 0 Å². The summed E-state index contributed by atoms with van der Waals surface area (Å²) in [6, 6.07) is 0. The number of nitrogens with zero attached hydrogens (tertiary/aromatic N) is 2. The lowest BCUT2D eigenvalue weighted by atomic mass is 9.96. The van der Waals surface area contributed by atoms with Crippen LogP contribution >= 0.6 is 0 Å². The normalized spacial score (nSPS) is 13.5. The van der Waals surface area contributed by atoms with E-state index in [1.54, 1.807) is 7.11 Å². The fourth-order valence-electron chi connectivity index (χ4n) is 2.56. The highest BCUT2D eigenvalue weighted by atomic mass is 16.5. The summed E-state index contributed by atoms with van der Waals surface area (Å²) in [7, 11) is 1.73. The van der Waals surface area contributed by atoms with Crippen LogP contribution in [0.15, 0.2) is 0 Å². The van der Waals surface area contributed by atoms with Crippen molar-refractivity contribution in [1.82, 2.24) is 15.3 Å². The van der Waals surface area contributed by atoms with Gasteiger partial charge in [0.1, 0.15) is 5.82 Å². The van der Waals surface area contributed by atoms with Gasteiger partial charge in [0.15, 0.2) is 0 Å². The van der Waals surface area contributed by atoms with Gasteiger partial charge in [0, 0.05) is 43.6 Å². The minimum atomic E-state index is 0.136. The van der Waals surface area contributed by atoms with Crippen molar-refractivity contribution in [3.63, 3.8) is 0 Å². The maximum atomic E-state index is 5.09. The molecule has 1 atom stereocenters. The number of methoxy groups -OCH3 is 1. The molecule has 4 heteroatoms. The lowest BCUT2D eigenvalue weighted by Gasteiger charge is -2.25. The lowest BCUT2D eigenvalue weighted by Crippen LogP contribution is -2.38. The van der Waals surface area contributed by atoms with E-state index in [1.807, 2.05) is 0 Å². The first-order chi connectivity index (χ1) is 9.74. The van der Waals surface area contributed by atoms with Gasteiger partial charge in [-0.2, -0.15) is 0 Å². The molecule has 1 aromatic rings. The number of rotatable bonds is 7. The number of hydrogen-bond donors (Lipinski definition) is 1. The second-order valence-corrected chi connectivity index (χ2v) is 6.85. The highest BCUT2D eigenvalue weighted by Crippen LogP contribution is 2.21.